The van der Waals surface area contributed by atoms with Crippen LogP contribution < -0.4 is 10.1 Å². The van der Waals surface area contributed by atoms with Crippen LogP contribution in [0.25, 0.3) is 0 Å². The molecule has 0 radical (unpaired) electrons. The summed E-state index contributed by atoms with van der Waals surface area (Å²) in [6.45, 7) is 1.45. The van der Waals surface area contributed by atoms with Gasteiger partial charge in [0.15, 0.2) is 19.5 Å². The number of hydrogen-bond acceptors (Lipinski definition) is 5. The van der Waals surface area contributed by atoms with Gasteiger partial charge >= 0.3 is 5.97 Å². The van der Waals surface area contributed by atoms with Crippen molar-refractivity contribution in [3.8, 4) is 5.75 Å². The quantitative estimate of drug-likeness (QED) is 0.536. The van der Waals surface area contributed by atoms with Gasteiger partial charge in [0.25, 0.3) is 5.91 Å². The van der Waals surface area contributed by atoms with Gasteiger partial charge in [-0.05, 0) is 80.8 Å². The molecule has 1 aromatic rings. The Morgan fingerprint density at radius 1 is 1.10 bits per heavy atom. The van der Waals surface area contributed by atoms with Crippen molar-refractivity contribution >= 4 is 18.2 Å². The Balaban J connectivity index is 1.23. The number of para-hydroxylation sites is 1. The highest BCUT2D eigenvalue weighted by Crippen LogP contribution is 2.61. The van der Waals surface area contributed by atoms with Gasteiger partial charge in [0.2, 0.25) is 0 Å². The highest BCUT2D eigenvalue weighted by molar-refractivity contribution is 5.82. The maximum Gasteiger partial charge on any atom is 0.344 e. The first kappa shape index (κ1) is 19.9. The lowest BCUT2D eigenvalue weighted by atomic mass is 9.48. The van der Waals surface area contributed by atoms with E-state index < -0.39 is 5.97 Å². The normalized spacial score (nSPS) is 30.4. The summed E-state index contributed by atoms with van der Waals surface area (Å²) in [7, 11) is 0. The molecule has 1 atom stereocenters. The summed E-state index contributed by atoms with van der Waals surface area (Å²) in [5.41, 5.74) is 0.582. The van der Waals surface area contributed by atoms with E-state index in [1.165, 1.54) is 38.5 Å². The van der Waals surface area contributed by atoms with Crippen molar-refractivity contribution in [1.29, 1.82) is 0 Å². The summed E-state index contributed by atoms with van der Waals surface area (Å²) in [4.78, 5) is 35.2. The van der Waals surface area contributed by atoms with Crippen molar-refractivity contribution in [2.24, 2.45) is 23.2 Å². The summed E-state index contributed by atoms with van der Waals surface area (Å²) in [5, 5.41) is 3.08. The molecule has 1 aromatic carbocycles. The highest BCUT2D eigenvalue weighted by Gasteiger charge is 2.53. The monoisotopic (exact) mass is 399 g/mol. The van der Waals surface area contributed by atoms with E-state index in [2.05, 4.69) is 12.2 Å². The first-order valence-corrected chi connectivity index (χ1v) is 10.6. The van der Waals surface area contributed by atoms with E-state index in [0.29, 0.717) is 17.6 Å². The molecule has 4 fully saturated rings. The summed E-state index contributed by atoms with van der Waals surface area (Å²) >= 11 is 0. The summed E-state index contributed by atoms with van der Waals surface area (Å²) in [6.07, 6.45) is 8.40. The number of carbonyl (C=O) groups excluding carboxylic acids is 3. The first-order valence-electron chi connectivity index (χ1n) is 10.6. The summed E-state index contributed by atoms with van der Waals surface area (Å²) in [6, 6.07) is 6.74. The van der Waals surface area contributed by atoms with E-state index in [0.717, 1.165) is 17.8 Å². The van der Waals surface area contributed by atoms with E-state index in [4.69, 9.17) is 9.47 Å². The maximum absolute atomic E-state index is 12.4. The molecule has 0 saturated heterocycles. The van der Waals surface area contributed by atoms with Crippen LogP contribution in [0.2, 0.25) is 0 Å². The summed E-state index contributed by atoms with van der Waals surface area (Å²) in [5.74, 6) is 1.89. The molecule has 0 spiro atoms. The Labute approximate surface area is 171 Å². The van der Waals surface area contributed by atoms with Crippen molar-refractivity contribution in [2.75, 3.05) is 13.2 Å². The topological polar surface area (TPSA) is 81.7 Å². The van der Waals surface area contributed by atoms with Crippen LogP contribution in [0.4, 0.5) is 0 Å². The van der Waals surface area contributed by atoms with Crippen molar-refractivity contribution < 1.29 is 23.9 Å². The minimum absolute atomic E-state index is 0.0952. The minimum atomic E-state index is -0.636. The van der Waals surface area contributed by atoms with E-state index in [1.807, 2.05) is 0 Å². The Hall–Kier alpha value is -2.37. The van der Waals surface area contributed by atoms with Gasteiger partial charge < -0.3 is 14.8 Å². The number of amides is 1. The average molecular weight is 399 g/mol. The molecule has 6 nitrogen and oxygen atoms in total. The van der Waals surface area contributed by atoms with Crippen LogP contribution >= 0.6 is 0 Å². The third-order valence-electron chi connectivity index (χ3n) is 7.14. The van der Waals surface area contributed by atoms with Crippen LogP contribution in [0.15, 0.2) is 24.3 Å². The molecule has 0 heterocycles. The zero-order valence-electron chi connectivity index (χ0n) is 16.9. The van der Waals surface area contributed by atoms with E-state index in [1.54, 1.807) is 24.3 Å². The van der Waals surface area contributed by atoms with Gasteiger partial charge in [-0.2, -0.15) is 0 Å². The third kappa shape index (κ3) is 4.31. The van der Waals surface area contributed by atoms with Gasteiger partial charge in [0.05, 0.1) is 5.56 Å². The maximum atomic E-state index is 12.4. The largest absolute Gasteiger partial charge is 0.481 e. The highest BCUT2D eigenvalue weighted by atomic mass is 16.6. The minimum Gasteiger partial charge on any atom is -0.481 e. The van der Waals surface area contributed by atoms with E-state index in [9.17, 15) is 14.4 Å². The Morgan fingerprint density at radius 3 is 2.34 bits per heavy atom. The molecule has 4 bridgehead atoms. The molecule has 4 aliphatic carbocycles. The van der Waals surface area contributed by atoms with Crippen LogP contribution in [-0.4, -0.2) is 37.4 Å². The van der Waals surface area contributed by atoms with Gasteiger partial charge in [0.1, 0.15) is 5.75 Å². The standard InChI is InChI=1S/C23H29NO5/c1-15(23-9-16-6-17(10-23)8-18(7-16)11-23)24-21(26)13-29-22(27)14-28-20-5-3-2-4-19(20)12-25/h2-5,12,15-18H,6-11,13-14H2,1H3,(H,24,26)/t15-,16?,17?,18?,23?/m0/s1. The van der Waals surface area contributed by atoms with Crippen molar-refractivity contribution in [1.82, 2.24) is 5.32 Å². The number of hydrogen-bond donors (Lipinski definition) is 1. The number of carbonyl (C=O) groups is 3. The van der Waals surface area contributed by atoms with Crippen molar-refractivity contribution in [3.05, 3.63) is 29.8 Å². The zero-order valence-corrected chi connectivity index (χ0v) is 16.9. The molecule has 0 unspecified atom stereocenters. The van der Waals surface area contributed by atoms with Gasteiger partial charge in [-0.3, -0.25) is 9.59 Å². The van der Waals surface area contributed by atoms with Crippen LogP contribution in [-0.2, 0) is 14.3 Å². The third-order valence-corrected chi connectivity index (χ3v) is 7.14. The number of benzene rings is 1. The van der Waals surface area contributed by atoms with Gasteiger partial charge in [-0.25, -0.2) is 4.79 Å². The fourth-order valence-electron chi connectivity index (χ4n) is 6.18. The average Bonchev–Trinajstić information content (AvgIpc) is 2.70. The fourth-order valence-corrected chi connectivity index (χ4v) is 6.18. The lowest BCUT2D eigenvalue weighted by Gasteiger charge is -2.59. The lowest BCUT2D eigenvalue weighted by molar-refractivity contribution is -0.151. The van der Waals surface area contributed by atoms with E-state index in [-0.39, 0.29) is 30.6 Å². The van der Waals surface area contributed by atoms with E-state index >= 15 is 0 Å². The molecule has 6 heteroatoms. The number of esters is 1. The molecule has 5 rings (SSSR count). The zero-order chi connectivity index (χ0) is 20.4. The molecular weight excluding hydrogens is 370 g/mol. The number of ether oxygens (including phenoxy) is 2. The number of rotatable bonds is 8. The SMILES string of the molecule is C[C@H](NC(=O)COC(=O)COc1ccccc1C=O)C12CC3CC(CC(C3)C1)C2. The molecular formula is C23H29NO5. The lowest BCUT2D eigenvalue weighted by Crippen LogP contribution is -2.56. The smallest absolute Gasteiger partial charge is 0.344 e. The molecule has 0 aliphatic heterocycles. The summed E-state index contributed by atoms with van der Waals surface area (Å²) < 4.78 is 10.4. The molecule has 4 aliphatic rings. The van der Waals surface area contributed by atoms with Crippen LogP contribution in [0, 0.1) is 23.2 Å². The molecule has 0 aromatic heterocycles. The molecule has 1 amide bonds. The Kier molecular flexibility index (Phi) is 5.61. The second-order valence-corrected chi connectivity index (χ2v) is 9.17. The van der Waals surface area contributed by atoms with Crippen molar-refractivity contribution in [3.63, 3.8) is 0 Å². The first-order chi connectivity index (χ1) is 14.0. The van der Waals surface area contributed by atoms with Crippen LogP contribution in [0.1, 0.15) is 55.8 Å². The number of nitrogens with one attached hydrogen (secondary N) is 1. The van der Waals surface area contributed by atoms with Crippen molar-refractivity contribution in [2.45, 2.75) is 51.5 Å². The van der Waals surface area contributed by atoms with Gasteiger partial charge in [-0.1, -0.05) is 12.1 Å². The van der Waals surface area contributed by atoms with Gasteiger partial charge in [-0.15, -0.1) is 0 Å². The van der Waals surface area contributed by atoms with Crippen LogP contribution in [0.5, 0.6) is 5.75 Å². The second-order valence-electron chi connectivity index (χ2n) is 9.17. The molecule has 4 saturated carbocycles. The predicted molar refractivity (Wildman–Crippen MR) is 106 cm³/mol. The van der Waals surface area contributed by atoms with Gasteiger partial charge in [0, 0.05) is 6.04 Å². The molecule has 1 N–H and O–H groups in total. The second kappa shape index (κ2) is 8.17. The Bertz CT molecular complexity index is 754. The Morgan fingerprint density at radius 2 is 1.72 bits per heavy atom. The molecule has 29 heavy (non-hydrogen) atoms. The fraction of sp³-hybridized carbons (Fsp3) is 0.609. The molecule has 156 valence electrons. The van der Waals surface area contributed by atoms with Crippen LogP contribution in [0.3, 0.4) is 0 Å². The number of aldehydes is 1. The predicted octanol–water partition coefficient (Wildman–Crippen LogP) is 3.14.